The molecule has 0 aliphatic heterocycles. The van der Waals surface area contributed by atoms with E-state index in [1.165, 1.54) is 11.3 Å². The number of nitrogens with zero attached hydrogens (tertiary/aromatic N) is 2. The van der Waals surface area contributed by atoms with Crippen molar-refractivity contribution in [2.45, 2.75) is 5.16 Å². The minimum atomic E-state index is -0.326. The van der Waals surface area contributed by atoms with Crippen LogP contribution in [0.25, 0.3) is 20.7 Å². The van der Waals surface area contributed by atoms with Crippen molar-refractivity contribution in [3.8, 4) is 16.2 Å². The number of hydrogen-bond donors (Lipinski definition) is 1. The van der Waals surface area contributed by atoms with Gasteiger partial charge in [0.2, 0.25) is 0 Å². The first-order valence-corrected chi connectivity index (χ1v) is 10.5. The number of carbonyl (C=O) groups is 1. The third-order valence-corrected chi connectivity index (χ3v) is 6.40. The van der Waals surface area contributed by atoms with Gasteiger partial charge in [-0.1, -0.05) is 42.1 Å². The van der Waals surface area contributed by atoms with Gasteiger partial charge in [0.25, 0.3) is 5.56 Å². The lowest BCUT2D eigenvalue weighted by Gasteiger charge is -2.06. The van der Waals surface area contributed by atoms with Gasteiger partial charge in [-0.15, -0.1) is 11.3 Å². The van der Waals surface area contributed by atoms with E-state index < -0.39 is 0 Å². The molecule has 0 saturated carbocycles. The van der Waals surface area contributed by atoms with E-state index in [9.17, 15) is 9.59 Å². The smallest absolute Gasteiger partial charge is 0.281 e. The Bertz CT molecular complexity index is 1230. The second kappa shape index (κ2) is 8.10. The number of aromatic nitrogens is 2. The molecule has 2 aromatic carbocycles. The van der Waals surface area contributed by atoms with Crippen LogP contribution in [0.1, 0.15) is 10.4 Å². The Labute approximate surface area is 174 Å². The zero-order chi connectivity index (χ0) is 20.4. The summed E-state index contributed by atoms with van der Waals surface area (Å²) in [5.41, 5.74) is 1.25. The molecule has 2 aromatic heterocycles. The molecule has 0 atom stereocenters. The Morgan fingerprint density at radius 3 is 2.59 bits per heavy atom. The van der Waals surface area contributed by atoms with Gasteiger partial charge in [0.15, 0.2) is 10.9 Å². The summed E-state index contributed by atoms with van der Waals surface area (Å²) < 4.78 is 6.11. The van der Waals surface area contributed by atoms with Crippen LogP contribution in [0.4, 0.5) is 0 Å². The minimum absolute atomic E-state index is 0.0804. The molecule has 2 heterocycles. The number of ketones is 1. The molecule has 0 spiro atoms. The number of hydrogen-bond acceptors (Lipinski definition) is 7. The number of thiophene rings is 1. The highest BCUT2D eigenvalue weighted by molar-refractivity contribution is 7.99. The summed E-state index contributed by atoms with van der Waals surface area (Å²) in [5.74, 6) is 6.68. The van der Waals surface area contributed by atoms with Crippen LogP contribution in [0.15, 0.2) is 70.6 Å². The average molecular weight is 424 g/mol. The summed E-state index contributed by atoms with van der Waals surface area (Å²) in [7, 11) is 1.57. The van der Waals surface area contributed by atoms with Crippen LogP contribution < -0.4 is 16.1 Å². The lowest BCUT2D eigenvalue weighted by molar-refractivity contribution is 0.102. The molecule has 146 valence electrons. The van der Waals surface area contributed by atoms with Gasteiger partial charge in [-0.2, -0.15) is 0 Å². The summed E-state index contributed by atoms with van der Waals surface area (Å²) in [4.78, 5) is 31.2. The summed E-state index contributed by atoms with van der Waals surface area (Å²) in [6, 6.07) is 18.5. The van der Waals surface area contributed by atoms with Gasteiger partial charge < -0.3 is 10.6 Å². The molecule has 4 rings (SSSR count). The maximum absolute atomic E-state index is 12.7. The number of fused-ring (bicyclic) bond motifs is 1. The van der Waals surface area contributed by atoms with E-state index in [1.54, 1.807) is 31.4 Å². The van der Waals surface area contributed by atoms with E-state index in [4.69, 9.17) is 10.6 Å². The van der Waals surface area contributed by atoms with E-state index in [1.807, 2.05) is 36.4 Å². The van der Waals surface area contributed by atoms with Crippen molar-refractivity contribution in [1.29, 1.82) is 0 Å². The molecule has 0 bridgehead atoms. The Kier molecular flexibility index (Phi) is 5.37. The van der Waals surface area contributed by atoms with Crippen molar-refractivity contribution in [1.82, 2.24) is 9.66 Å². The SMILES string of the molecule is COc1ccc(C(=O)CSc2nc3sc(-c4ccccc4)cc3c(=O)n2N)cc1. The largest absolute Gasteiger partial charge is 0.497 e. The van der Waals surface area contributed by atoms with E-state index in [0.29, 0.717) is 26.7 Å². The van der Waals surface area contributed by atoms with Crippen molar-refractivity contribution < 1.29 is 9.53 Å². The first kappa shape index (κ1) is 19.2. The number of ether oxygens (including phenoxy) is 1. The molecule has 6 nitrogen and oxygen atoms in total. The minimum Gasteiger partial charge on any atom is -0.497 e. The Morgan fingerprint density at radius 1 is 1.17 bits per heavy atom. The van der Waals surface area contributed by atoms with Crippen molar-refractivity contribution in [2.75, 3.05) is 18.7 Å². The molecule has 0 amide bonds. The number of nitrogens with two attached hydrogens (primary N) is 1. The molecule has 8 heteroatoms. The standard InChI is InChI=1S/C21H17N3O3S2/c1-27-15-9-7-13(8-10-15)17(25)12-28-21-23-19-16(20(26)24(21)22)11-18(29-19)14-5-3-2-4-6-14/h2-11H,12,22H2,1H3. The van der Waals surface area contributed by atoms with E-state index in [2.05, 4.69) is 4.98 Å². The molecular weight excluding hydrogens is 406 g/mol. The molecule has 0 unspecified atom stereocenters. The lowest BCUT2D eigenvalue weighted by Crippen LogP contribution is -2.29. The maximum Gasteiger partial charge on any atom is 0.281 e. The molecule has 0 radical (unpaired) electrons. The molecule has 4 aromatic rings. The van der Waals surface area contributed by atoms with Crippen LogP contribution >= 0.6 is 23.1 Å². The topological polar surface area (TPSA) is 87.2 Å². The zero-order valence-electron chi connectivity index (χ0n) is 15.5. The molecule has 0 fully saturated rings. The zero-order valence-corrected chi connectivity index (χ0v) is 17.1. The van der Waals surface area contributed by atoms with Crippen LogP contribution in [-0.2, 0) is 0 Å². The summed E-state index contributed by atoms with van der Waals surface area (Å²) in [6.45, 7) is 0. The number of rotatable bonds is 6. The predicted molar refractivity (Wildman–Crippen MR) is 118 cm³/mol. The van der Waals surface area contributed by atoms with Crippen molar-refractivity contribution in [3.63, 3.8) is 0 Å². The Balaban J connectivity index is 1.59. The number of methoxy groups -OCH3 is 1. The van der Waals surface area contributed by atoms with Gasteiger partial charge in [0, 0.05) is 10.4 Å². The van der Waals surface area contributed by atoms with Crippen LogP contribution in [0.2, 0.25) is 0 Å². The van der Waals surface area contributed by atoms with Crippen LogP contribution in [0.5, 0.6) is 5.75 Å². The summed E-state index contributed by atoms with van der Waals surface area (Å²) >= 11 is 2.58. The first-order valence-electron chi connectivity index (χ1n) is 8.74. The summed E-state index contributed by atoms with van der Waals surface area (Å²) in [6.07, 6.45) is 0. The van der Waals surface area contributed by atoms with Crippen molar-refractivity contribution in [2.24, 2.45) is 0 Å². The fourth-order valence-corrected chi connectivity index (χ4v) is 4.70. The lowest BCUT2D eigenvalue weighted by atomic mass is 10.1. The van der Waals surface area contributed by atoms with Gasteiger partial charge in [0.1, 0.15) is 10.6 Å². The van der Waals surface area contributed by atoms with Gasteiger partial charge in [-0.05, 0) is 35.9 Å². The van der Waals surface area contributed by atoms with E-state index in [0.717, 1.165) is 26.9 Å². The monoisotopic (exact) mass is 423 g/mol. The molecule has 0 aliphatic carbocycles. The van der Waals surface area contributed by atoms with Crippen molar-refractivity contribution >= 4 is 39.1 Å². The highest BCUT2D eigenvalue weighted by Crippen LogP contribution is 2.31. The fraction of sp³-hybridized carbons (Fsp3) is 0.0952. The van der Waals surface area contributed by atoms with Crippen molar-refractivity contribution in [3.05, 3.63) is 76.6 Å². The van der Waals surface area contributed by atoms with Gasteiger partial charge >= 0.3 is 0 Å². The first-order chi connectivity index (χ1) is 14.1. The molecule has 0 aliphatic rings. The fourth-order valence-electron chi connectivity index (χ4n) is 2.81. The highest BCUT2D eigenvalue weighted by atomic mass is 32.2. The second-order valence-electron chi connectivity index (χ2n) is 6.21. The van der Waals surface area contributed by atoms with E-state index in [-0.39, 0.29) is 17.1 Å². The number of nitrogen functional groups attached to an aromatic ring is 1. The maximum atomic E-state index is 12.7. The third kappa shape index (κ3) is 3.90. The van der Waals surface area contributed by atoms with Gasteiger partial charge in [-0.3, -0.25) is 9.59 Å². The number of Topliss-reactive ketones (excluding diaryl/α,β-unsaturated/α-hetero) is 1. The second-order valence-corrected chi connectivity index (χ2v) is 8.18. The highest BCUT2D eigenvalue weighted by Gasteiger charge is 2.15. The third-order valence-electron chi connectivity index (χ3n) is 4.37. The number of benzene rings is 2. The molecular formula is C21H17N3O3S2. The predicted octanol–water partition coefficient (Wildman–Crippen LogP) is 3.82. The van der Waals surface area contributed by atoms with E-state index >= 15 is 0 Å². The van der Waals surface area contributed by atoms with Gasteiger partial charge in [0.05, 0.1) is 18.2 Å². The summed E-state index contributed by atoms with van der Waals surface area (Å²) in [5, 5.41) is 0.785. The Morgan fingerprint density at radius 2 is 1.90 bits per heavy atom. The average Bonchev–Trinajstić information content (AvgIpc) is 3.20. The molecule has 2 N–H and O–H groups in total. The quantitative estimate of drug-likeness (QED) is 0.220. The normalized spacial score (nSPS) is 10.9. The number of thioether (sulfide) groups is 1. The van der Waals surface area contributed by atoms with Crippen LogP contribution in [0, 0.1) is 0 Å². The van der Waals surface area contributed by atoms with Crippen LogP contribution in [0.3, 0.4) is 0 Å². The molecule has 0 saturated heterocycles. The molecule has 29 heavy (non-hydrogen) atoms. The Hall–Kier alpha value is -3.10. The number of carbonyl (C=O) groups excluding carboxylic acids is 1. The van der Waals surface area contributed by atoms with Crippen LogP contribution in [-0.4, -0.2) is 28.3 Å². The van der Waals surface area contributed by atoms with Gasteiger partial charge in [-0.25, -0.2) is 9.66 Å².